The van der Waals surface area contributed by atoms with E-state index >= 15 is 0 Å². The zero-order valence-corrected chi connectivity index (χ0v) is 26.2. The van der Waals surface area contributed by atoms with Crippen LogP contribution >= 0.6 is 22.9 Å². The number of thiazole rings is 1. The molecule has 9 heteroatoms. The lowest BCUT2D eigenvalue weighted by atomic mass is 9.93. The van der Waals surface area contributed by atoms with Crippen molar-refractivity contribution in [2.75, 3.05) is 13.7 Å². The fourth-order valence-corrected chi connectivity index (χ4v) is 6.37. The van der Waals surface area contributed by atoms with Gasteiger partial charge in [0.25, 0.3) is 5.56 Å². The van der Waals surface area contributed by atoms with Crippen LogP contribution in [0.25, 0.3) is 11.8 Å². The van der Waals surface area contributed by atoms with E-state index in [1.165, 1.54) is 11.3 Å². The molecule has 0 bridgehead atoms. The van der Waals surface area contributed by atoms with Crippen LogP contribution in [-0.2, 0) is 16.1 Å². The maximum atomic E-state index is 14.3. The molecule has 1 aromatic heterocycles. The maximum Gasteiger partial charge on any atom is 0.338 e. The van der Waals surface area contributed by atoms with Crippen LogP contribution in [0.2, 0.25) is 5.02 Å². The predicted octanol–water partition coefficient (Wildman–Crippen LogP) is 6.18. The van der Waals surface area contributed by atoms with Gasteiger partial charge in [0.1, 0.15) is 18.1 Å². The van der Waals surface area contributed by atoms with E-state index in [1.807, 2.05) is 103 Å². The SMILES string of the molecule is CCOC(=O)C1=C(c2ccccc2)N=c2s/c(=C/c3ccccc3OCc3ccccc3Cl)c(=O)n2[C@@H]1c1ccc(OC)cc1. The Kier molecular flexibility index (Phi) is 8.96. The van der Waals surface area contributed by atoms with Gasteiger partial charge >= 0.3 is 5.97 Å². The molecule has 0 N–H and O–H groups in total. The highest BCUT2D eigenvalue weighted by Gasteiger charge is 2.35. The van der Waals surface area contributed by atoms with Crippen LogP contribution in [0.1, 0.15) is 35.2 Å². The molecule has 0 spiro atoms. The summed E-state index contributed by atoms with van der Waals surface area (Å²) in [5.41, 5.74) is 3.51. The number of nitrogens with zero attached hydrogens (tertiary/aromatic N) is 2. The minimum Gasteiger partial charge on any atom is -0.497 e. The summed E-state index contributed by atoms with van der Waals surface area (Å²) in [5, 5.41) is 0.619. The molecule has 4 aromatic carbocycles. The van der Waals surface area contributed by atoms with E-state index in [2.05, 4.69) is 0 Å². The summed E-state index contributed by atoms with van der Waals surface area (Å²) in [5.74, 6) is 0.727. The van der Waals surface area contributed by atoms with Crippen molar-refractivity contribution in [2.45, 2.75) is 19.6 Å². The van der Waals surface area contributed by atoms with Gasteiger partial charge in [0, 0.05) is 21.7 Å². The van der Waals surface area contributed by atoms with Crippen molar-refractivity contribution >= 4 is 40.7 Å². The highest BCUT2D eigenvalue weighted by Crippen LogP contribution is 2.35. The molecule has 45 heavy (non-hydrogen) atoms. The fraction of sp³-hybridized carbons (Fsp3) is 0.139. The van der Waals surface area contributed by atoms with Gasteiger partial charge in [0.05, 0.1) is 35.6 Å². The topological polar surface area (TPSA) is 79.1 Å². The highest BCUT2D eigenvalue weighted by atomic mass is 35.5. The van der Waals surface area contributed by atoms with Gasteiger partial charge in [-0.1, -0.05) is 102 Å². The number of ether oxygens (including phenoxy) is 3. The second-order valence-electron chi connectivity index (χ2n) is 10.1. The Hall–Kier alpha value is -4.92. The average molecular weight is 637 g/mol. The molecule has 2 heterocycles. The van der Waals surface area contributed by atoms with Gasteiger partial charge in [-0.15, -0.1) is 0 Å². The van der Waals surface area contributed by atoms with Gasteiger partial charge in [-0.2, -0.15) is 0 Å². The van der Waals surface area contributed by atoms with E-state index in [0.29, 0.717) is 31.6 Å². The molecule has 7 nitrogen and oxygen atoms in total. The molecule has 6 rings (SSSR count). The Morgan fingerprint density at radius 3 is 2.40 bits per heavy atom. The van der Waals surface area contributed by atoms with Crippen LogP contribution in [0.5, 0.6) is 11.5 Å². The Balaban J connectivity index is 1.52. The summed E-state index contributed by atoms with van der Waals surface area (Å²) >= 11 is 7.60. The molecule has 1 aliphatic heterocycles. The number of carbonyl (C=O) groups is 1. The van der Waals surface area contributed by atoms with Gasteiger partial charge < -0.3 is 14.2 Å². The number of para-hydroxylation sites is 1. The predicted molar refractivity (Wildman–Crippen MR) is 176 cm³/mol. The quantitative estimate of drug-likeness (QED) is 0.181. The van der Waals surface area contributed by atoms with Crippen molar-refractivity contribution in [2.24, 2.45) is 4.99 Å². The Labute approximate surface area is 268 Å². The summed E-state index contributed by atoms with van der Waals surface area (Å²) in [6.45, 7) is 2.20. The number of benzene rings is 4. The summed E-state index contributed by atoms with van der Waals surface area (Å²) in [7, 11) is 1.59. The number of rotatable bonds is 9. The molecule has 0 unspecified atom stereocenters. The molecule has 0 amide bonds. The van der Waals surface area contributed by atoms with Crippen LogP contribution in [0.15, 0.2) is 118 Å². The first kappa shape index (κ1) is 30.1. The molecule has 1 aliphatic rings. The molecule has 0 fully saturated rings. The molecule has 0 aliphatic carbocycles. The highest BCUT2D eigenvalue weighted by molar-refractivity contribution is 7.07. The van der Waals surface area contributed by atoms with Gasteiger partial charge in [0.15, 0.2) is 4.80 Å². The van der Waals surface area contributed by atoms with Crippen molar-refractivity contribution in [1.82, 2.24) is 4.57 Å². The molecular weight excluding hydrogens is 608 g/mol. The van der Waals surface area contributed by atoms with Crippen molar-refractivity contribution < 1.29 is 19.0 Å². The minimum absolute atomic E-state index is 0.176. The first-order valence-corrected chi connectivity index (χ1v) is 15.6. The number of carbonyl (C=O) groups excluding carboxylic acids is 1. The van der Waals surface area contributed by atoms with E-state index < -0.39 is 12.0 Å². The minimum atomic E-state index is -0.782. The summed E-state index contributed by atoms with van der Waals surface area (Å²) in [4.78, 5) is 33.3. The third-order valence-electron chi connectivity index (χ3n) is 7.35. The lowest BCUT2D eigenvalue weighted by molar-refractivity contribution is -0.138. The van der Waals surface area contributed by atoms with E-state index in [0.717, 1.165) is 22.3 Å². The number of hydrogen-bond acceptors (Lipinski definition) is 7. The zero-order chi connectivity index (χ0) is 31.3. The second kappa shape index (κ2) is 13.4. The van der Waals surface area contributed by atoms with E-state index in [-0.39, 0.29) is 24.3 Å². The number of aromatic nitrogens is 1. The van der Waals surface area contributed by atoms with Gasteiger partial charge in [0.2, 0.25) is 0 Å². The zero-order valence-electron chi connectivity index (χ0n) is 24.6. The lowest BCUT2D eigenvalue weighted by Gasteiger charge is -2.26. The van der Waals surface area contributed by atoms with Crippen molar-refractivity contribution in [3.05, 3.63) is 156 Å². The average Bonchev–Trinajstić information content (AvgIpc) is 3.38. The van der Waals surface area contributed by atoms with Gasteiger partial charge in [-0.3, -0.25) is 9.36 Å². The van der Waals surface area contributed by atoms with E-state index in [4.69, 9.17) is 30.8 Å². The molecule has 0 radical (unpaired) electrons. The van der Waals surface area contributed by atoms with E-state index in [9.17, 15) is 9.59 Å². The Morgan fingerprint density at radius 2 is 1.67 bits per heavy atom. The molecule has 226 valence electrons. The molecule has 1 atom stereocenters. The molecular formula is C36H29ClN2O5S. The van der Waals surface area contributed by atoms with Crippen molar-refractivity contribution in [1.29, 1.82) is 0 Å². The number of methoxy groups -OCH3 is 1. The second-order valence-corrected chi connectivity index (χ2v) is 11.5. The van der Waals surface area contributed by atoms with Crippen LogP contribution < -0.4 is 24.4 Å². The smallest absolute Gasteiger partial charge is 0.338 e. The third kappa shape index (κ3) is 6.20. The first-order chi connectivity index (χ1) is 22.0. The van der Waals surface area contributed by atoms with Crippen LogP contribution in [0.4, 0.5) is 0 Å². The lowest BCUT2D eigenvalue weighted by Crippen LogP contribution is -2.40. The normalized spacial score (nSPS) is 14.5. The monoisotopic (exact) mass is 636 g/mol. The summed E-state index contributed by atoms with van der Waals surface area (Å²) < 4.78 is 19.1. The number of halogens is 1. The van der Waals surface area contributed by atoms with Crippen molar-refractivity contribution in [3.63, 3.8) is 0 Å². The Bertz CT molecular complexity index is 2070. The first-order valence-electron chi connectivity index (χ1n) is 14.4. The maximum absolute atomic E-state index is 14.3. The van der Waals surface area contributed by atoms with E-state index in [1.54, 1.807) is 24.7 Å². The number of esters is 1. The van der Waals surface area contributed by atoms with Crippen molar-refractivity contribution in [3.8, 4) is 11.5 Å². The largest absolute Gasteiger partial charge is 0.497 e. The standard InChI is InChI=1S/C36H29ClN2O5S/c1-3-43-35(41)31-32(23-11-5-4-6-12-23)38-36-39(33(31)24-17-19-27(42-2)20-18-24)34(40)30(45-36)21-25-13-8-10-16-29(25)44-22-26-14-7-9-15-28(26)37/h4-21,33H,3,22H2,1-2H3/b30-21+/t33-/m1/s1. The summed E-state index contributed by atoms with van der Waals surface area (Å²) in [6, 6.07) is 31.0. The number of fused-ring (bicyclic) bond motifs is 1. The Morgan fingerprint density at radius 1 is 0.956 bits per heavy atom. The molecule has 0 saturated carbocycles. The number of hydrogen-bond donors (Lipinski definition) is 0. The summed E-state index contributed by atoms with van der Waals surface area (Å²) in [6.07, 6.45) is 1.80. The third-order valence-corrected chi connectivity index (χ3v) is 8.70. The van der Waals surface area contributed by atoms with Crippen LogP contribution in [0.3, 0.4) is 0 Å². The molecule has 5 aromatic rings. The fourth-order valence-electron chi connectivity index (χ4n) is 5.19. The van der Waals surface area contributed by atoms with Crippen LogP contribution in [0, 0.1) is 0 Å². The molecule has 0 saturated heterocycles. The van der Waals surface area contributed by atoms with Crippen LogP contribution in [-0.4, -0.2) is 24.3 Å². The van der Waals surface area contributed by atoms with Gasteiger partial charge in [-0.05, 0) is 42.8 Å². The van der Waals surface area contributed by atoms with Gasteiger partial charge in [-0.25, -0.2) is 9.79 Å².